The van der Waals surface area contributed by atoms with Crippen molar-refractivity contribution in [3.8, 4) is 0 Å². The van der Waals surface area contributed by atoms with Gasteiger partial charge in [-0.05, 0) is 0 Å². The van der Waals surface area contributed by atoms with Gasteiger partial charge in [0.05, 0.1) is 52.9 Å². The summed E-state index contributed by atoms with van der Waals surface area (Å²) in [6, 6.07) is 0. The van der Waals surface area contributed by atoms with Gasteiger partial charge in [0.2, 0.25) is 5.79 Å². The molecule has 0 radical (unpaired) electrons. The summed E-state index contributed by atoms with van der Waals surface area (Å²) in [5, 5.41) is 295. The summed E-state index contributed by atoms with van der Waals surface area (Å²) < 4.78 is 9.20. The van der Waals surface area contributed by atoms with Gasteiger partial charge in [-0.3, -0.25) is 24.0 Å². The van der Waals surface area contributed by atoms with Gasteiger partial charge in [0.25, 0.3) is 0 Å². The fourth-order valence-corrected chi connectivity index (χ4v) is 5.05. The van der Waals surface area contributed by atoms with Crippen LogP contribution >= 0.6 is 0 Å². The highest BCUT2D eigenvalue weighted by Gasteiger charge is 2.53. The Morgan fingerprint density at radius 1 is 0.341 bits per heavy atom. The van der Waals surface area contributed by atoms with Crippen molar-refractivity contribution in [2.45, 2.75) is 140 Å². The van der Waals surface area contributed by atoms with E-state index in [0.29, 0.717) is 0 Å². The maximum absolute atomic E-state index is 10.5. The Balaban J connectivity index is -0.000000281. The molecule has 0 spiro atoms. The lowest BCUT2D eigenvalue weighted by atomic mass is 10.00. The van der Waals surface area contributed by atoms with Crippen molar-refractivity contribution in [1.82, 2.24) is 0 Å². The third kappa shape index (κ3) is 31.3. The molecule has 34 N–H and O–H groups in total. The number of aliphatic hydroxyl groups excluding tert-OH is 33. The summed E-state index contributed by atoms with van der Waals surface area (Å²) in [6.45, 7) is -10.2. The first-order chi connectivity index (χ1) is 37.9. The summed E-state index contributed by atoms with van der Waals surface area (Å²) in [4.78, 5) is 52.4. The molecular weight excluding hydrogens is 1150 g/mol. The van der Waals surface area contributed by atoms with Crippen molar-refractivity contribution >= 4 is 28.9 Å². The minimum absolute atomic E-state index is 0.526. The van der Waals surface area contributed by atoms with E-state index in [1.165, 1.54) is 0 Å². The lowest BCUT2D eigenvalue weighted by Gasteiger charge is -2.37. The molecular formula is C41H82O41. The average molecular weight is 1230 g/mol. The largest absolute Gasteiger partial charge is 0.394 e. The molecule has 82 heavy (non-hydrogen) atoms. The van der Waals surface area contributed by atoms with Crippen LogP contribution in [0.2, 0.25) is 0 Å². The Kier molecular flexibility index (Phi) is 50.4. The van der Waals surface area contributed by atoms with Gasteiger partial charge in [0.15, 0.2) is 35.2 Å². The molecule has 2 rings (SSSR count). The van der Waals surface area contributed by atoms with Gasteiger partial charge in [-0.15, -0.1) is 0 Å². The maximum atomic E-state index is 10.5. The van der Waals surface area contributed by atoms with E-state index in [2.05, 4.69) is 9.47 Å². The van der Waals surface area contributed by atoms with Gasteiger partial charge < -0.3 is 183 Å². The number of rotatable bonds is 27. The number of carbonyl (C=O) groups is 5. The Bertz CT molecular complexity index is 1520. The zero-order chi connectivity index (χ0) is 65.7. The number of hydrogen-bond donors (Lipinski definition) is 34. The van der Waals surface area contributed by atoms with Crippen molar-refractivity contribution in [2.24, 2.45) is 0 Å². The smallest absolute Gasteiger partial charge is 0.219 e. The number of hydrogen-bond acceptors (Lipinski definition) is 41. The van der Waals surface area contributed by atoms with Gasteiger partial charge in [0.1, 0.15) is 161 Å². The minimum Gasteiger partial charge on any atom is -0.394 e. The lowest BCUT2D eigenvalue weighted by molar-refractivity contribution is -0.286. The summed E-state index contributed by atoms with van der Waals surface area (Å²) in [7, 11) is 0. The van der Waals surface area contributed by atoms with Crippen molar-refractivity contribution in [1.29, 1.82) is 0 Å². The molecule has 2 fully saturated rings. The summed E-state index contributed by atoms with van der Waals surface area (Å²) in [5.41, 5.74) is 0. The fourth-order valence-electron chi connectivity index (χ4n) is 5.05. The number of ether oxygens (including phenoxy) is 2. The molecule has 2 aliphatic rings. The maximum Gasteiger partial charge on any atom is 0.219 e. The highest BCUT2D eigenvalue weighted by atomic mass is 16.7. The van der Waals surface area contributed by atoms with Crippen molar-refractivity contribution in [3.05, 3.63) is 0 Å². The van der Waals surface area contributed by atoms with Crippen LogP contribution in [0, 0.1) is 0 Å². The Labute approximate surface area is 461 Å². The standard InChI is InChI=1S/6C6H12O6.C5H10O5/c7-1-3-4(9)5(10)6(11,2-8)12-3;7-1-2-3(8)4(9)5(10)6(11)12-2;4*7-1-3(9)5(11)6(12)4(10)2-8;6-1-3(8)5(10)4(9)2-7/h3-5,7-11H,1-2H2;2-11H,1H2;4*3,5-9,11-12H,1-2H2;3,5-8,10H,1-2H2/t3-,4-,5+,6?;2-,3-,4+,5-,6?;3-,5+,6+;3-,5+,6-;3-,5-,6+;3-,5-,6-;3-,5+/m1111111/s1. The second-order valence-electron chi connectivity index (χ2n) is 16.6. The molecule has 0 aromatic heterocycles. The summed E-state index contributed by atoms with van der Waals surface area (Å²) in [5.74, 6) is -7.08. The molecule has 41 nitrogen and oxygen atoms in total. The minimum atomic E-state index is -2.16. The van der Waals surface area contributed by atoms with Crippen LogP contribution < -0.4 is 0 Å². The van der Waals surface area contributed by atoms with Crippen LogP contribution in [0.1, 0.15) is 0 Å². The number of Topliss-reactive ketones (excluding diaryl/α,β-unsaturated/α-hetero) is 5. The normalized spacial score (nSPS) is 27.0. The Hall–Kier alpha value is -3.09. The van der Waals surface area contributed by atoms with Gasteiger partial charge in [-0.2, -0.15) is 0 Å². The quantitative estimate of drug-likeness (QED) is 0.0363. The molecule has 0 aromatic rings. The number of carbonyl (C=O) groups excluding carboxylic acids is 5. The molecule has 2 aliphatic heterocycles. The zero-order valence-corrected chi connectivity index (χ0v) is 43.0. The van der Waals surface area contributed by atoms with E-state index < -0.39 is 255 Å². The molecule has 0 aromatic carbocycles. The van der Waals surface area contributed by atoms with Crippen LogP contribution in [-0.2, 0) is 33.4 Å². The predicted octanol–water partition coefficient (Wildman–Crippen LogP) is -22.7. The van der Waals surface area contributed by atoms with Gasteiger partial charge in [-0.25, -0.2) is 0 Å². The molecule has 2 heterocycles. The van der Waals surface area contributed by atoms with E-state index in [1.807, 2.05) is 0 Å². The van der Waals surface area contributed by atoms with Gasteiger partial charge >= 0.3 is 0 Å². The third-order valence-corrected chi connectivity index (χ3v) is 10.4. The van der Waals surface area contributed by atoms with Crippen LogP contribution in [0.15, 0.2) is 0 Å². The monoisotopic (exact) mass is 1230 g/mol. The fraction of sp³-hybridized carbons (Fsp3) is 0.878. The highest BCUT2D eigenvalue weighted by Crippen LogP contribution is 2.28. The van der Waals surface area contributed by atoms with Crippen molar-refractivity contribution < 1.29 is 207 Å². The van der Waals surface area contributed by atoms with Crippen LogP contribution in [0.3, 0.4) is 0 Å². The SMILES string of the molecule is O=C(CO)[C@@H](O)[C@@H](O)[C@H](O)CO.O=C(CO)[C@@H](O)[C@H](O)CO.O=C(CO)[C@@H](O)[C@H](O)[C@H](O)CO.O=C(CO)[C@H](O)[C@@H](O)[C@H](O)CO.O=C(CO)[C@H](O)[C@H](O)[C@H](O)CO.OC[C@H]1OC(O)(CO)[C@@H](O)[C@@H]1O.OC[C@H]1OC(O)[C@H](O)[C@@H](O)[C@@H]1O. The molecule has 0 bridgehead atoms. The summed E-state index contributed by atoms with van der Waals surface area (Å²) in [6.07, 6.45) is -35.1. The van der Waals surface area contributed by atoms with E-state index in [9.17, 15) is 29.1 Å². The molecule has 492 valence electrons. The highest BCUT2D eigenvalue weighted by molar-refractivity contribution is 5.86. The first-order valence-electron chi connectivity index (χ1n) is 23.1. The first kappa shape index (κ1) is 87.7. The molecule has 0 saturated carbocycles. The van der Waals surface area contributed by atoms with Gasteiger partial charge in [0, 0.05) is 0 Å². The van der Waals surface area contributed by atoms with Crippen molar-refractivity contribution in [3.63, 3.8) is 0 Å². The average Bonchev–Trinajstić information content (AvgIpc) is 3.73. The topological polar surface area (TPSA) is 792 Å². The van der Waals surface area contributed by atoms with E-state index in [-0.39, 0.29) is 0 Å². The zero-order valence-electron chi connectivity index (χ0n) is 43.0. The van der Waals surface area contributed by atoms with Gasteiger partial charge in [-0.1, -0.05) is 0 Å². The molecule has 41 heteroatoms. The van der Waals surface area contributed by atoms with Crippen LogP contribution in [0.25, 0.3) is 0 Å². The molecule has 2 unspecified atom stereocenters. The third-order valence-electron chi connectivity index (χ3n) is 10.4. The number of ketones is 5. The Morgan fingerprint density at radius 3 is 0.793 bits per heavy atom. The molecule has 0 aliphatic carbocycles. The summed E-state index contributed by atoms with van der Waals surface area (Å²) >= 11 is 0. The molecule has 23 atom stereocenters. The molecule has 0 amide bonds. The van der Waals surface area contributed by atoms with Crippen LogP contribution in [-0.4, -0.2) is 429 Å². The second kappa shape index (κ2) is 47.1. The van der Waals surface area contributed by atoms with Crippen molar-refractivity contribution in [2.75, 3.05) is 85.9 Å². The number of aliphatic hydroxyl groups is 34. The first-order valence-corrected chi connectivity index (χ1v) is 23.1. The van der Waals surface area contributed by atoms with E-state index in [4.69, 9.17) is 169 Å². The van der Waals surface area contributed by atoms with E-state index in [0.717, 1.165) is 0 Å². The predicted molar refractivity (Wildman–Crippen MR) is 252 cm³/mol. The van der Waals surface area contributed by atoms with E-state index >= 15 is 0 Å². The van der Waals surface area contributed by atoms with Crippen LogP contribution in [0.4, 0.5) is 0 Å². The van der Waals surface area contributed by atoms with E-state index in [1.54, 1.807) is 0 Å². The Morgan fingerprint density at radius 2 is 0.598 bits per heavy atom. The lowest BCUT2D eigenvalue weighted by Crippen LogP contribution is -2.58. The molecule has 2 saturated heterocycles. The van der Waals surface area contributed by atoms with Crippen LogP contribution in [0.5, 0.6) is 0 Å². The second-order valence-corrected chi connectivity index (χ2v) is 16.6.